The number of carbonyl (C=O) groups is 1. The molecule has 2 aliphatic heterocycles. The fourth-order valence-corrected chi connectivity index (χ4v) is 4.33. The van der Waals surface area contributed by atoms with Gasteiger partial charge >= 0.3 is 0 Å². The van der Waals surface area contributed by atoms with E-state index in [1.54, 1.807) is 7.11 Å². The second-order valence-electron chi connectivity index (χ2n) is 8.45. The summed E-state index contributed by atoms with van der Waals surface area (Å²) < 4.78 is 16.2. The Morgan fingerprint density at radius 2 is 1.65 bits per heavy atom. The topological polar surface area (TPSA) is 51.2 Å². The molecule has 6 nitrogen and oxygen atoms in total. The number of carbonyl (C=O) groups excluding carboxylic acids is 1. The Hall–Kier alpha value is -3.77. The van der Waals surface area contributed by atoms with E-state index in [1.165, 1.54) is 5.56 Å². The molecular formula is C28H28N2O4. The highest BCUT2D eigenvalue weighted by Crippen LogP contribution is 2.33. The number of hydrogen-bond acceptors (Lipinski definition) is 5. The molecule has 0 atom stereocenters. The highest BCUT2D eigenvalue weighted by Gasteiger charge is 2.25. The molecule has 0 unspecified atom stereocenters. The van der Waals surface area contributed by atoms with Crippen LogP contribution in [0.1, 0.15) is 16.7 Å². The van der Waals surface area contributed by atoms with Crippen LogP contribution in [-0.4, -0.2) is 55.8 Å². The van der Waals surface area contributed by atoms with Gasteiger partial charge in [0.05, 0.1) is 7.11 Å². The minimum atomic E-state index is 0.0600. The monoisotopic (exact) mass is 456 g/mol. The molecule has 3 aromatic rings. The Balaban J connectivity index is 1.28. The Kier molecular flexibility index (Phi) is 6.49. The molecule has 3 aromatic carbocycles. The van der Waals surface area contributed by atoms with Crippen LogP contribution in [0.2, 0.25) is 0 Å². The molecule has 0 saturated carbocycles. The van der Waals surface area contributed by atoms with Crippen molar-refractivity contribution in [3.8, 4) is 17.2 Å². The summed E-state index contributed by atoms with van der Waals surface area (Å²) in [4.78, 5) is 17.9. The molecule has 0 bridgehead atoms. The Labute approximate surface area is 200 Å². The van der Waals surface area contributed by atoms with Crippen molar-refractivity contribution in [1.82, 2.24) is 9.80 Å². The van der Waals surface area contributed by atoms with Crippen molar-refractivity contribution in [1.29, 1.82) is 0 Å². The van der Waals surface area contributed by atoms with E-state index in [4.69, 9.17) is 14.2 Å². The van der Waals surface area contributed by atoms with Crippen LogP contribution in [-0.2, 0) is 11.3 Å². The van der Waals surface area contributed by atoms with Crippen molar-refractivity contribution < 1.29 is 19.0 Å². The minimum absolute atomic E-state index is 0.0600. The van der Waals surface area contributed by atoms with Gasteiger partial charge < -0.3 is 19.1 Å². The molecule has 174 valence electrons. The lowest BCUT2D eigenvalue weighted by Gasteiger charge is -2.35. The largest absolute Gasteiger partial charge is 0.497 e. The number of amides is 1. The van der Waals surface area contributed by atoms with E-state index in [0.717, 1.165) is 48.0 Å². The first-order valence-electron chi connectivity index (χ1n) is 11.5. The zero-order valence-electron chi connectivity index (χ0n) is 19.3. The lowest BCUT2D eigenvalue weighted by Crippen LogP contribution is -2.48. The van der Waals surface area contributed by atoms with Gasteiger partial charge in [0.1, 0.15) is 5.75 Å². The van der Waals surface area contributed by atoms with Gasteiger partial charge in [0.25, 0.3) is 5.91 Å². The Morgan fingerprint density at radius 1 is 0.912 bits per heavy atom. The van der Waals surface area contributed by atoms with Gasteiger partial charge in [-0.05, 0) is 47.0 Å². The zero-order chi connectivity index (χ0) is 23.3. The van der Waals surface area contributed by atoms with E-state index in [2.05, 4.69) is 11.0 Å². The molecule has 0 spiro atoms. The van der Waals surface area contributed by atoms with E-state index in [9.17, 15) is 4.79 Å². The Bertz CT molecular complexity index is 1170. The quantitative estimate of drug-likeness (QED) is 0.409. The van der Waals surface area contributed by atoms with Gasteiger partial charge in [-0.2, -0.15) is 0 Å². The molecule has 0 N–H and O–H groups in total. The molecular weight excluding hydrogens is 428 g/mol. The van der Waals surface area contributed by atoms with Crippen molar-refractivity contribution in [2.45, 2.75) is 6.54 Å². The highest BCUT2D eigenvalue weighted by molar-refractivity contribution is 6.24. The van der Waals surface area contributed by atoms with Gasteiger partial charge in [0, 0.05) is 38.3 Å². The van der Waals surface area contributed by atoms with Crippen LogP contribution in [0.25, 0.3) is 11.6 Å². The van der Waals surface area contributed by atoms with Crippen LogP contribution in [0.15, 0.2) is 72.8 Å². The average molecular weight is 457 g/mol. The lowest BCUT2D eigenvalue weighted by molar-refractivity contribution is -0.126. The molecule has 6 heteroatoms. The lowest BCUT2D eigenvalue weighted by atomic mass is 10.0. The number of rotatable bonds is 6. The first-order valence-corrected chi connectivity index (χ1v) is 11.5. The number of nitrogens with zero attached hydrogens (tertiary/aromatic N) is 2. The summed E-state index contributed by atoms with van der Waals surface area (Å²) in [6, 6.07) is 23.7. The molecule has 5 rings (SSSR count). The third-order valence-electron chi connectivity index (χ3n) is 6.24. The summed E-state index contributed by atoms with van der Waals surface area (Å²) in [6.45, 7) is 4.14. The molecule has 0 radical (unpaired) electrons. The zero-order valence-corrected chi connectivity index (χ0v) is 19.3. The summed E-state index contributed by atoms with van der Waals surface area (Å²) in [6.07, 6.45) is 1.97. The summed E-state index contributed by atoms with van der Waals surface area (Å²) in [7, 11) is 1.65. The number of methoxy groups -OCH3 is 1. The smallest absolute Gasteiger partial charge is 0.254 e. The predicted octanol–water partition coefficient (Wildman–Crippen LogP) is 4.31. The summed E-state index contributed by atoms with van der Waals surface area (Å²) in [5.74, 6) is 2.46. The third-order valence-corrected chi connectivity index (χ3v) is 6.24. The third kappa shape index (κ3) is 4.92. The van der Waals surface area contributed by atoms with Gasteiger partial charge in [-0.15, -0.1) is 0 Å². The number of ether oxygens (including phenoxy) is 3. The van der Waals surface area contributed by atoms with E-state index >= 15 is 0 Å². The van der Waals surface area contributed by atoms with Crippen LogP contribution in [0.4, 0.5) is 0 Å². The second-order valence-corrected chi connectivity index (χ2v) is 8.45. The van der Waals surface area contributed by atoms with Crippen molar-refractivity contribution in [3.63, 3.8) is 0 Å². The maximum absolute atomic E-state index is 13.6. The van der Waals surface area contributed by atoms with Crippen LogP contribution in [0.5, 0.6) is 17.2 Å². The summed E-state index contributed by atoms with van der Waals surface area (Å²) in [5.41, 5.74) is 3.78. The van der Waals surface area contributed by atoms with Crippen molar-refractivity contribution in [2.75, 3.05) is 40.1 Å². The molecule has 2 heterocycles. The van der Waals surface area contributed by atoms with Crippen LogP contribution < -0.4 is 14.2 Å². The van der Waals surface area contributed by atoms with E-state index in [0.29, 0.717) is 18.7 Å². The normalized spacial score (nSPS) is 15.9. The molecule has 0 aliphatic carbocycles. The average Bonchev–Trinajstić information content (AvgIpc) is 3.36. The molecule has 0 aromatic heterocycles. The van der Waals surface area contributed by atoms with Crippen molar-refractivity contribution in [2.24, 2.45) is 0 Å². The number of benzene rings is 3. The molecule has 1 saturated heterocycles. The van der Waals surface area contributed by atoms with Crippen molar-refractivity contribution in [3.05, 3.63) is 89.5 Å². The maximum Gasteiger partial charge on any atom is 0.254 e. The van der Waals surface area contributed by atoms with E-state index in [-0.39, 0.29) is 12.7 Å². The van der Waals surface area contributed by atoms with Gasteiger partial charge in [0.2, 0.25) is 6.79 Å². The fourth-order valence-electron chi connectivity index (χ4n) is 4.33. The minimum Gasteiger partial charge on any atom is -0.497 e. The summed E-state index contributed by atoms with van der Waals surface area (Å²) >= 11 is 0. The number of fused-ring (bicyclic) bond motifs is 1. The first kappa shape index (κ1) is 22.0. The van der Waals surface area contributed by atoms with Crippen LogP contribution >= 0.6 is 0 Å². The van der Waals surface area contributed by atoms with Crippen LogP contribution in [0.3, 0.4) is 0 Å². The molecule has 2 aliphatic rings. The molecule has 34 heavy (non-hydrogen) atoms. The highest BCUT2D eigenvalue weighted by atomic mass is 16.7. The number of hydrogen-bond donors (Lipinski definition) is 0. The SMILES string of the molecule is COc1ccc(/C=C(\C(=O)N2CCN(Cc3ccc4c(c3)OCO4)CC2)c2ccccc2)cc1. The predicted molar refractivity (Wildman–Crippen MR) is 132 cm³/mol. The standard InChI is InChI=1S/C28H28N2O4/c1-32-24-10-7-21(8-11-24)17-25(23-5-3-2-4-6-23)28(31)30-15-13-29(14-16-30)19-22-9-12-26-27(18-22)34-20-33-26/h2-12,17-18H,13-16,19-20H2,1H3/b25-17-. The van der Waals surface area contributed by atoms with Gasteiger partial charge in [-0.1, -0.05) is 48.5 Å². The fraction of sp³-hybridized carbons (Fsp3) is 0.250. The molecule has 1 fully saturated rings. The maximum atomic E-state index is 13.6. The van der Waals surface area contributed by atoms with E-state index < -0.39 is 0 Å². The first-order chi connectivity index (χ1) is 16.7. The summed E-state index contributed by atoms with van der Waals surface area (Å²) in [5, 5.41) is 0. The Morgan fingerprint density at radius 3 is 2.38 bits per heavy atom. The van der Waals surface area contributed by atoms with E-state index in [1.807, 2.05) is 77.7 Å². The van der Waals surface area contributed by atoms with Crippen LogP contribution in [0, 0.1) is 0 Å². The van der Waals surface area contributed by atoms with Crippen molar-refractivity contribution >= 4 is 17.6 Å². The number of piperazine rings is 1. The van der Waals surface area contributed by atoms with Gasteiger partial charge in [-0.25, -0.2) is 0 Å². The second kappa shape index (κ2) is 10.0. The van der Waals surface area contributed by atoms with Gasteiger partial charge in [-0.3, -0.25) is 9.69 Å². The van der Waals surface area contributed by atoms with Gasteiger partial charge in [0.15, 0.2) is 11.5 Å². The molecule has 1 amide bonds.